The second-order valence-corrected chi connectivity index (χ2v) is 6.03. The van der Waals surface area contributed by atoms with Gasteiger partial charge in [-0.05, 0) is 42.2 Å². The van der Waals surface area contributed by atoms with Crippen molar-refractivity contribution in [2.45, 2.75) is 18.9 Å². The molecule has 106 valence electrons. The van der Waals surface area contributed by atoms with Gasteiger partial charge in [0.15, 0.2) is 0 Å². The summed E-state index contributed by atoms with van der Waals surface area (Å²) in [5.41, 5.74) is 4.19. The van der Waals surface area contributed by atoms with Gasteiger partial charge in [0, 0.05) is 0 Å². The summed E-state index contributed by atoms with van der Waals surface area (Å²) in [7, 11) is 0. The standard InChI is InChI=1S/C15H11ClFN3S/c16-10-5-7-13-15(20-21-19-13)14(10)18-12-6-4-8-9(12)2-1-3-11(8)17/h1-3,5,7,12,18H,4,6H2. The van der Waals surface area contributed by atoms with Gasteiger partial charge < -0.3 is 5.32 Å². The zero-order valence-corrected chi connectivity index (χ0v) is 12.5. The number of aromatic nitrogens is 2. The van der Waals surface area contributed by atoms with Crippen LogP contribution in [0.4, 0.5) is 10.1 Å². The van der Waals surface area contributed by atoms with Crippen molar-refractivity contribution in [1.29, 1.82) is 0 Å². The Kier molecular flexibility index (Phi) is 3.05. The molecule has 1 atom stereocenters. The van der Waals surface area contributed by atoms with Crippen molar-refractivity contribution in [1.82, 2.24) is 8.75 Å². The highest BCUT2D eigenvalue weighted by Crippen LogP contribution is 2.38. The summed E-state index contributed by atoms with van der Waals surface area (Å²) in [6.45, 7) is 0. The van der Waals surface area contributed by atoms with E-state index in [9.17, 15) is 4.39 Å². The molecule has 3 nitrogen and oxygen atoms in total. The minimum Gasteiger partial charge on any atom is -0.375 e. The van der Waals surface area contributed by atoms with E-state index in [1.165, 1.54) is 6.07 Å². The quantitative estimate of drug-likeness (QED) is 0.751. The molecule has 0 fully saturated rings. The van der Waals surface area contributed by atoms with E-state index in [1.54, 1.807) is 6.07 Å². The molecule has 4 rings (SSSR count). The third kappa shape index (κ3) is 2.08. The Balaban J connectivity index is 1.76. The highest BCUT2D eigenvalue weighted by molar-refractivity contribution is 7.00. The number of fused-ring (bicyclic) bond motifs is 2. The van der Waals surface area contributed by atoms with Gasteiger partial charge >= 0.3 is 0 Å². The van der Waals surface area contributed by atoms with Crippen LogP contribution < -0.4 is 5.32 Å². The number of nitrogens with one attached hydrogen (secondary N) is 1. The van der Waals surface area contributed by atoms with Crippen molar-refractivity contribution in [2.75, 3.05) is 5.32 Å². The molecule has 21 heavy (non-hydrogen) atoms. The van der Waals surface area contributed by atoms with E-state index in [-0.39, 0.29) is 11.9 Å². The van der Waals surface area contributed by atoms with Gasteiger partial charge in [0.25, 0.3) is 0 Å². The lowest BCUT2D eigenvalue weighted by Gasteiger charge is -2.17. The topological polar surface area (TPSA) is 37.8 Å². The fourth-order valence-electron chi connectivity index (χ4n) is 2.90. The average Bonchev–Trinajstić information content (AvgIpc) is 3.09. The maximum atomic E-state index is 13.8. The normalized spacial score (nSPS) is 17.1. The van der Waals surface area contributed by atoms with E-state index >= 15 is 0 Å². The van der Waals surface area contributed by atoms with Crippen LogP contribution in [0.2, 0.25) is 5.02 Å². The Morgan fingerprint density at radius 2 is 2.14 bits per heavy atom. The molecule has 0 spiro atoms. The summed E-state index contributed by atoms with van der Waals surface area (Å²) in [4.78, 5) is 0. The monoisotopic (exact) mass is 319 g/mol. The molecule has 0 saturated carbocycles. The van der Waals surface area contributed by atoms with Crippen molar-refractivity contribution in [3.8, 4) is 0 Å². The second-order valence-electron chi connectivity index (χ2n) is 5.10. The van der Waals surface area contributed by atoms with Gasteiger partial charge in [0.1, 0.15) is 16.9 Å². The van der Waals surface area contributed by atoms with Crippen molar-refractivity contribution in [3.63, 3.8) is 0 Å². The van der Waals surface area contributed by atoms with E-state index in [0.717, 1.165) is 52.4 Å². The molecule has 1 N–H and O–H groups in total. The van der Waals surface area contributed by atoms with Crippen molar-refractivity contribution >= 4 is 40.0 Å². The number of halogens is 2. The maximum absolute atomic E-state index is 13.8. The molecule has 1 aliphatic carbocycles. The summed E-state index contributed by atoms with van der Waals surface area (Å²) in [6.07, 6.45) is 1.59. The minimum atomic E-state index is -0.128. The Hall–Kier alpha value is -1.72. The summed E-state index contributed by atoms with van der Waals surface area (Å²) in [6, 6.07) is 8.96. The molecule has 1 aromatic heterocycles. The highest BCUT2D eigenvalue weighted by atomic mass is 35.5. The third-order valence-corrected chi connectivity index (χ3v) is 4.77. The summed E-state index contributed by atoms with van der Waals surface area (Å²) < 4.78 is 22.3. The Morgan fingerprint density at radius 3 is 3.05 bits per heavy atom. The molecule has 0 aliphatic heterocycles. The predicted molar refractivity (Wildman–Crippen MR) is 83.5 cm³/mol. The lowest BCUT2D eigenvalue weighted by Crippen LogP contribution is -2.08. The highest BCUT2D eigenvalue weighted by Gasteiger charge is 2.26. The predicted octanol–water partition coefficient (Wildman–Crippen LogP) is 4.58. The fraction of sp³-hybridized carbons (Fsp3) is 0.200. The molecular weight excluding hydrogens is 309 g/mol. The maximum Gasteiger partial charge on any atom is 0.129 e. The van der Waals surface area contributed by atoms with Gasteiger partial charge in [-0.2, -0.15) is 8.75 Å². The van der Waals surface area contributed by atoms with E-state index in [0.29, 0.717) is 5.02 Å². The number of nitrogens with zero attached hydrogens (tertiary/aromatic N) is 2. The van der Waals surface area contributed by atoms with E-state index in [2.05, 4.69) is 14.1 Å². The van der Waals surface area contributed by atoms with E-state index in [4.69, 9.17) is 11.6 Å². The molecule has 0 amide bonds. The van der Waals surface area contributed by atoms with Gasteiger partial charge in [-0.25, -0.2) is 4.39 Å². The lowest BCUT2D eigenvalue weighted by molar-refractivity contribution is 0.612. The van der Waals surface area contributed by atoms with Gasteiger partial charge in [-0.15, -0.1) is 0 Å². The second kappa shape index (κ2) is 4.93. The SMILES string of the molecule is Fc1cccc2c1CCC2Nc1c(Cl)ccc2nsnc12. The Bertz CT molecular complexity index is 833. The molecule has 3 aromatic rings. The van der Waals surface area contributed by atoms with Crippen LogP contribution in [0.5, 0.6) is 0 Å². The van der Waals surface area contributed by atoms with Crippen LogP contribution in [0.1, 0.15) is 23.6 Å². The van der Waals surface area contributed by atoms with E-state index < -0.39 is 0 Å². The van der Waals surface area contributed by atoms with Crippen LogP contribution in [0.15, 0.2) is 30.3 Å². The van der Waals surface area contributed by atoms with Crippen molar-refractivity contribution in [3.05, 3.63) is 52.3 Å². The molecule has 0 radical (unpaired) electrons. The van der Waals surface area contributed by atoms with Crippen LogP contribution in [0.25, 0.3) is 11.0 Å². The number of hydrogen-bond donors (Lipinski definition) is 1. The number of rotatable bonds is 2. The largest absolute Gasteiger partial charge is 0.375 e. The van der Waals surface area contributed by atoms with E-state index in [1.807, 2.05) is 18.2 Å². The van der Waals surface area contributed by atoms with Crippen LogP contribution in [0.3, 0.4) is 0 Å². The van der Waals surface area contributed by atoms with Crippen LogP contribution in [-0.2, 0) is 6.42 Å². The number of anilines is 1. The van der Waals surface area contributed by atoms with Gasteiger partial charge in [0.2, 0.25) is 0 Å². The summed E-state index contributed by atoms with van der Waals surface area (Å²) in [5.74, 6) is -0.128. The molecule has 0 bridgehead atoms. The average molecular weight is 320 g/mol. The molecule has 1 aliphatic rings. The third-order valence-electron chi connectivity index (χ3n) is 3.91. The number of benzene rings is 2. The summed E-state index contributed by atoms with van der Waals surface area (Å²) in [5, 5.41) is 4.04. The van der Waals surface area contributed by atoms with Crippen molar-refractivity contribution < 1.29 is 4.39 Å². The van der Waals surface area contributed by atoms with Gasteiger partial charge in [-0.1, -0.05) is 23.7 Å². The molecular formula is C15H11ClFN3S. The molecule has 2 aromatic carbocycles. The smallest absolute Gasteiger partial charge is 0.129 e. The first-order valence-corrected chi connectivity index (χ1v) is 7.79. The van der Waals surface area contributed by atoms with Gasteiger partial charge in [0.05, 0.1) is 28.5 Å². The Morgan fingerprint density at radius 1 is 1.24 bits per heavy atom. The van der Waals surface area contributed by atoms with Crippen LogP contribution in [0, 0.1) is 5.82 Å². The first-order chi connectivity index (χ1) is 10.2. The first kappa shape index (κ1) is 13.0. The first-order valence-electron chi connectivity index (χ1n) is 6.68. The van der Waals surface area contributed by atoms with Gasteiger partial charge in [-0.3, -0.25) is 0 Å². The molecule has 6 heteroatoms. The molecule has 1 heterocycles. The fourth-order valence-corrected chi connectivity index (χ4v) is 3.65. The molecule has 0 saturated heterocycles. The van der Waals surface area contributed by atoms with Crippen LogP contribution in [-0.4, -0.2) is 8.75 Å². The molecule has 1 unspecified atom stereocenters. The number of hydrogen-bond acceptors (Lipinski definition) is 4. The lowest BCUT2D eigenvalue weighted by atomic mass is 10.1. The Labute approximate surface area is 130 Å². The zero-order valence-electron chi connectivity index (χ0n) is 10.9. The van der Waals surface area contributed by atoms with Crippen molar-refractivity contribution in [2.24, 2.45) is 0 Å². The van der Waals surface area contributed by atoms with Crippen LogP contribution >= 0.6 is 23.3 Å². The zero-order chi connectivity index (χ0) is 14.4. The summed E-state index contributed by atoms with van der Waals surface area (Å²) >= 11 is 7.46. The minimum absolute atomic E-state index is 0.0560.